The molecule has 1 unspecified atom stereocenters. The summed E-state index contributed by atoms with van der Waals surface area (Å²) in [6.07, 6.45) is 8.41. The van der Waals surface area contributed by atoms with Crippen molar-refractivity contribution in [3.8, 4) is 0 Å². The molecule has 7 nitrogen and oxygen atoms in total. The molecule has 3 amide bonds. The maximum atomic E-state index is 12.2. The predicted molar refractivity (Wildman–Crippen MR) is 117 cm³/mol. The van der Waals surface area contributed by atoms with Gasteiger partial charge in [-0.05, 0) is 51.4 Å². The molecule has 0 aromatic heterocycles. The van der Waals surface area contributed by atoms with Crippen molar-refractivity contribution >= 4 is 41.9 Å². The molecule has 3 aliphatic rings. The van der Waals surface area contributed by atoms with Crippen molar-refractivity contribution in [2.24, 2.45) is 16.8 Å². The van der Waals surface area contributed by atoms with Crippen molar-refractivity contribution in [2.45, 2.75) is 64.3 Å². The molecule has 0 spiro atoms. The maximum absolute atomic E-state index is 12.2. The lowest BCUT2D eigenvalue weighted by Gasteiger charge is -2.39. The Morgan fingerprint density at radius 3 is 2.41 bits per heavy atom. The van der Waals surface area contributed by atoms with E-state index >= 15 is 0 Å². The third-order valence-electron chi connectivity index (χ3n) is 6.24. The summed E-state index contributed by atoms with van der Waals surface area (Å²) in [5.74, 6) is 1.69. The number of halogens is 1. The molecular formula is C19H34IN5O2. The minimum absolute atomic E-state index is 0. The number of hydrogen-bond donors (Lipinski definition) is 3. The minimum Gasteiger partial charge on any atom is -0.357 e. The number of imide groups is 1. The van der Waals surface area contributed by atoms with Crippen LogP contribution in [-0.4, -0.2) is 54.5 Å². The van der Waals surface area contributed by atoms with Crippen LogP contribution < -0.4 is 16.0 Å². The van der Waals surface area contributed by atoms with E-state index in [1.807, 2.05) is 6.92 Å². The third-order valence-corrected chi connectivity index (χ3v) is 6.24. The summed E-state index contributed by atoms with van der Waals surface area (Å²) in [7, 11) is 0. The second-order valence-corrected chi connectivity index (χ2v) is 8.07. The summed E-state index contributed by atoms with van der Waals surface area (Å²) in [6.45, 7) is 7.44. The molecule has 2 saturated heterocycles. The molecule has 1 atom stereocenters. The molecule has 0 bridgehead atoms. The molecule has 1 saturated carbocycles. The Morgan fingerprint density at radius 2 is 1.85 bits per heavy atom. The zero-order chi connectivity index (χ0) is 18.6. The predicted octanol–water partition coefficient (Wildman–Crippen LogP) is 2.46. The second-order valence-electron chi connectivity index (χ2n) is 8.07. The van der Waals surface area contributed by atoms with E-state index in [0.29, 0.717) is 0 Å². The molecule has 3 rings (SSSR count). The Kier molecular flexibility index (Phi) is 8.18. The first-order valence-corrected chi connectivity index (χ1v) is 10.2. The highest BCUT2D eigenvalue weighted by molar-refractivity contribution is 14.0. The molecule has 27 heavy (non-hydrogen) atoms. The normalized spacial score (nSPS) is 27.8. The largest absolute Gasteiger partial charge is 0.357 e. The topological polar surface area (TPSA) is 85.8 Å². The number of hydrogen-bond acceptors (Lipinski definition) is 3. The highest BCUT2D eigenvalue weighted by Gasteiger charge is 2.48. The van der Waals surface area contributed by atoms with Gasteiger partial charge in [0.1, 0.15) is 5.54 Å². The summed E-state index contributed by atoms with van der Waals surface area (Å²) in [5, 5.41) is 8.63. The molecule has 3 N–H and O–H groups in total. The molecular weight excluding hydrogens is 457 g/mol. The summed E-state index contributed by atoms with van der Waals surface area (Å²) in [6, 6.07) is -0.373. The number of urea groups is 1. The lowest BCUT2D eigenvalue weighted by molar-refractivity contribution is -0.125. The van der Waals surface area contributed by atoms with Crippen LogP contribution in [0.3, 0.4) is 0 Å². The van der Waals surface area contributed by atoms with Gasteiger partial charge in [-0.2, -0.15) is 0 Å². The second kappa shape index (κ2) is 9.93. The number of aliphatic imine (C=N–C) groups is 1. The first-order chi connectivity index (χ1) is 12.5. The van der Waals surface area contributed by atoms with E-state index in [0.717, 1.165) is 50.9 Å². The molecule has 3 fully saturated rings. The van der Waals surface area contributed by atoms with Crippen LogP contribution in [0.15, 0.2) is 4.99 Å². The highest BCUT2D eigenvalue weighted by Crippen LogP contribution is 2.31. The smallest absolute Gasteiger partial charge is 0.322 e. The molecule has 0 aromatic carbocycles. The summed E-state index contributed by atoms with van der Waals surface area (Å²) in [5.41, 5.74) is -0.777. The number of nitrogens with one attached hydrogen (secondary N) is 3. The van der Waals surface area contributed by atoms with E-state index < -0.39 is 5.54 Å². The average Bonchev–Trinajstić information content (AvgIpc) is 2.92. The van der Waals surface area contributed by atoms with Gasteiger partial charge >= 0.3 is 6.03 Å². The Balaban J connectivity index is 0.00000261. The van der Waals surface area contributed by atoms with E-state index in [1.54, 1.807) is 0 Å². The number of rotatable bonds is 4. The molecule has 8 heteroatoms. The van der Waals surface area contributed by atoms with Gasteiger partial charge < -0.3 is 15.5 Å². The van der Waals surface area contributed by atoms with Crippen molar-refractivity contribution in [1.82, 2.24) is 20.9 Å². The lowest BCUT2D eigenvalue weighted by atomic mass is 9.79. The van der Waals surface area contributed by atoms with E-state index in [-0.39, 0.29) is 41.8 Å². The van der Waals surface area contributed by atoms with E-state index in [9.17, 15) is 9.59 Å². The zero-order valence-electron chi connectivity index (χ0n) is 16.6. The fourth-order valence-electron chi connectivity index (χ4n) is 4.52. The van der Waals surface area contributed by atoms with Crippen LogP contribution in [0.5, 0.6) is 0 Å². The first kappa shape index (κ1) is 22.2. The highest BCUT2D eigenvalue weighted by atomic mass is 127. The summed E-state index contributed by atoms with van der Waals surface area (Å²) < 4.78 is 0. The Labute approximate surface area is 179 Å². The number of nitrogens with zero attached hydrogens (tertiary/aromatic N) is 2. The molecule has 154 valence electrons. The first-order valence-electron chi connectivity index (χ1n) is 10.2. The fraction of sp³-hybridized carbons (Fsp3) is 0.842. The monoisotopic (exact) mass is 491 g/mol. The quantitative estimate of drug-likeness (QED) is 0.244. The van der Waals surface area contributed by atoms with Crippen molar-refractivity contribution < 1.29 is 9.59 Å². The van der Waals surface area contributed by atoms with Crippen molar-refractivity contribution in [1.29, 1.82) is 0 Å². The van der Waals surface area contributed by atoms with Crippen LogP contribution in [0.25, 0.3) is 0 Å². The molecule has 1 aliphatic carbocycles. The molecule has 2 heterocycles. The van der Waals surface area contributed by atoms with E-state index in [2.05, 4.69) is 27.8 Å². The fourth-order valence-corrected chi connectivity index (χ4v) is 4.52. The minimum atomic E-state index is -0.777. The zero-order valence-corrected chi connectivity index (χ0v) is 18.9. The summed E-state index contributed by atoms with van der Waals surface area (Å²) in [4.78, 5) is 30.9. The van der Waals surface area contributed by atoms with Gasteiger partial charge in [0.15, 0.2) is 5.96 Å². The van der Waals surface area contributed by atoms with Crippen LogP contribution in [0.2, 0.25) is 0 Å². The average molecular weight is 491 g/mol. The maximum Gasteiger partial charge on any atom is 0.322 e. The van der Waals surface area contributed by atoms with E-state index in [1.165, 1.54) is 32.1 Å². The summed E-state index contributed by atoms with van der Waals surface area (Å²) >= 11 is 0. The van der Waals surface area contributed by atoms with Gasteiger partial charge in [-0.1, -0.05) is 19.3 Å². The van der Waals surface area contributed by atoms with Crippen LogP contribution in [0, 0.1) is 11.8 Å². The van der Waals surface area contributed by atoms with Crippen molar-refractivity contribution in [2.75, 3.05) is 26.2 Å². The number of piperidine rings is 1. The van der Waals surface area contributed by atoms with Gasteiger partial charge in [0.25, 0.3) is 5.91 Å². The van der Waals surface area contributed by atoms with Crippen LogP contribution in [0.1, 0.15) is 58.8 Å². The number of guanidine groups is 1. The Bertz CT molecular complexity index is 556. The van der Waals surface area contributed by atoms with Gasteiger partial charge in [0, 0.05) is 26.2 Å². The van der Waals surface area contributed by atoms with Gasteiger partial charge in [-0.15, -0.1) is 24.0 Å². The Morgan fingerprint density at radius 1 is 1.19 bits per heavy atom. The van der Waals surface area contributed by atoms with Crippen LogP contribution >= 0.6 is 24.0 Å². The number of carbonyl (C=O) groups is 2. The lowest BCUT2D eigenvalue weighted by Crippen LogP contribution is -2.55. The van der Waals surface area contributed by atoms with Gasteiger partial charge in [-0.25, -0.2) is 4.79 Å². The van der Waals surface area contributed by atoms with Crippen LogP contribution in [0.4, 0.5) is 4.79 Å². The third kappa shape index (κ3) is 5.26. The number of carbonyl (C=O) groups excluding carboxylic acids is 2. The van der Waals surface area contributed by atoms with Gasteiger partial charge in [-0.3, -0.25) is 15.1 Å². The molecule has 0 aromatic rings. The van der Waals surface area contributed by atoms with Crippen LogP contribution in [-0.2, 0) is 4.79 Å². The Hall–Kier alpha value is -1.06. The SMILES string of the molecule is CCNC(=NCC1CCCCC1)N1CCC(C2(C)NC(=O)NC2=O)CC1.I. The standard InChI is InChI=1S/C19H33N5O2.HI/c1-3-20-17(21-13-14-7-5-4-6-8-14)24-11-9-15(10-12-24)19(2)16(25)22-18(26)23-19;/h14-15H,3-13H2,1-2H3,(H,20,21)(H2,22,23,25,26);1H. The number of likely N-dealkylation sites (tertiary alicyclic amines) is 1. The molecule has 0 radical (unpaired) electrons. The molecule has 2 aliphatic heterocycles. The van der Waals surface area contributed by atoms with Crippen molar-refractivity contribution in [3.05, 3.63) is 0 Å². The van der Waals surface area contributed by atoms with Gasteiger partial charge in [0.05, 0.1) is 0 Å². The van der Waals surface area contributed by atoms with Gasteiger partial charge in [0.2, 0.25) is 0 Å². The number of amides is 3. The van der Waals surface area contributed by atoms with Crippen molar-refractivity contribution in [3.63, 3.8) is 0 Å². The van der Waals surface area contributed by atoms with E-state index in [4.69, 9.17) is 4.99 Å².